The zero-order valence-corrected chi connectivity index (χ0v) is 11.1. The summed E-state index contributed by atoms with van der Waals surface area (Å²) in [6, 6.07) is 0. The molecule has 0 spiro atoms. The fourth-order valence-electron chi connectivity index (χ4n) is 5.60. The minimum atomic E-state index is 0.551. The summed E-state index contributed by atoms with van der Waals surface area (Å²) in [6.45, 7) is 2.92. The van der Waals surface area contributed by atoms with Gasteiger partial charge in [0, 0.05) is 6.10 Å². The van der Waals surface area contributed by atoms with Crippen LogP contribution in [0.4, 0.5) is 0 Å². The van der Waals surface area contributed by atoms with Crippen molar-refractivity contribution in [3.05, 3.63) is 0 Å². The number of hydrogen-bond acceptors (Lipinski definition) is 1. The van der Waals surface area contributed by atoms with Gasteiger partial charge in [-0.15, -0.1) is 0 Å². The Morgan fingerprint density at radius 1 is 0.824 bits per heavy atom. The van der Waals surface area contributed by atoms with Crippen LogP contribution in [0.25, 0.3) is 0 Å². The summed E-state index contributed by atoms with van der Waals surface area (Å²) in [5.74, 6) is 4.95. The van der Waals surface area contributed by atoms with Crippen molar-refractivity contribution in [2.24, 2.45) is 23.7 Å². The fraction of sp³-hybridized carbons (Fsp3) is 1.00. The Labute approximate surface area is 106 Å². The Morgan fingerprint density at radius 2 is 1.53 bits per heavy atom. The van der Waals surface area contributed by atoms with E-state index in [9.17, 15) is 0 Å². The van der Waals surface area contributed by atoms with Gasteiger partial charge in [0.25, 0.3) is 6.92 Å². The standard InChI is InChI=1S/C15H25BO/c1-16(14-8-10-2-4-12(14)6-10)17-15-9-11-3-5-13(15)7-11/h10-15H,2-9H2,1H3/t10-,11-,12+,13+,14?,15?/m1/s1. The lowest BCUT2D eigenvalue weighted by Crippen LogP contribution is -2.33. The predicted molar refractivity (Wildman–Crippen MR) is 71.1 cm³/mol. The van der Waals surface area contributed by atoms with Crippen molar-refractivity contribution in [1.29, 1.82) is 0 Å². The average Bonchev–Trinajstić information content (AvgIpc) is 3.08. The Bertz CT molecular complexity index is 305. The first-order valence-corrected chi connectivity index (χ1v) is 7.95. The average molecular weight is 232 g/mol. The van der Waals surface area contributed by atoms with E-state index in [4.69, 9.17) is 4.65 Å². The Morgan fingerprint density at radius 3 is 2.06 bits per heavy atom. The van der Waals surface area contributed by atoms with Crippen LogP contribution in [0.15, 0.2) is 0 Å². The first-order valence-electron chi connectivity index (χ1n) is 7.95. The molecule has 94 valence electrons. The summed E-state index contributed by atoms with van der Waals surface area (Å²) in [6.07, 6.45) is 12.5. The predicted octanol–water partition coefficient (Wildman–Crippen LogP) is 4.00. The van der Waals surface area contributed by atoms with E-state index in [0.717, 1.165) is 29.5 Å². The van der Waals surface area contributed by atoms with Gasteiger partial charge in [0.15, 0.2) is 0 Å². The van der Waals surface area contributed by atoms with Crippen LogP contribution in [0.5, 0.6) is 0 Å². The highest BCUT2D eigenvalue weighted by Crippen LogP contribution is 2.54. The lowest BCUT2D eigenvalue weighted by molar-refractivity contribution is 0.132. The van der Waals surface area contributed by atoms with Gasteiger partial charge in [0.05, 0.1) is 0 Å². The summed E-state index contributed by atoms with van der Waals surface area (Å²) < 4.78 is 6.48. The molecule has 0 aromatic heterocycles. The van der Waals surface area contributed by atoms with Gasteiger partial charge in [-0.1, -0.05) is 26.1 Å². The molecule has 0 saturated heterocycles. The van der Waals surface area contributed by atoms with E-state index in [1.807, 2.05) is 0 Å². The lowest BCUT2D eigenvalue weighted by Gasteiger charge is -2.31. The summed E-state index contributed by atoms with van der Waals surface area (Å²) in [4.78, 5) is 0. The van der Waals surface area contributed by atoms with Crippen LogP contribution in [-0.2, 0) is 4.65 Å². The molecule has 4 fully saturated rings. The zero-order chi connectivity index (χ0) is 11.4. The Kier molecular flexibility index (Phi) is 2.57. The summed E-state index contributed by atoms with van der Waals surface area (Å²) in [5.41, 5.74) is 0. The van der Waals surface area contributed by atoms with Gasteiger partial charge >= 0.3 is 0 Å². The summed E-state index contributed by atoms with van der Waals surface area (Å²) in [7, 11) is 0. The fourth-order valence-corrected chi connectivity index (χ4v) is 5.60. The molecule has 0 aromatic carbocycles. The Balaban J connectivity index is 1.36. The van der Waals surface area contributed by atoms with Crippen molar-refractivity contribution >= 4 is 6.92 Å². The lowest BCUT2D eigenvalue weighted by atomic mass is 9.52. The monoisotopic (exact) mass is 232 g/mol. The van der Waals surface area contributed by atoms with Crippen LogP contribution in [-0.4, -0.2) is 13.0 Å². The van der Waals surface area contributed by atoms with E-state index in [0.29, 0.717) is 13.0 Å². The third-order valence-electron chi connectivity index (χ3n) is 6.46. The molecule has 0 radical (unpaired) electrons. The van der Waals surface area contributed by atoms with Crippen molar-refractivity contribution in [1.82, 2.24) is 0 Å². The Hall–Kier alpha value is 0.0249. The highest BCUT2D eigenvalue weighted by Gasteiger charge is 2.46. The molecule has 0 heterocycles. The van der Waals surface area contributed by atoms with Gasteiger partial charge in [-0.2, -0.15) is 0 Å². The van der Waals surface area contributed by atoms with Gasteiger partial charge < -0.3 is 4.65 Å². The van der Waals surface area contributed by atoms with E-state index in [-0.39, 0.29) is 0 Å². The van der Waals surface area contributed by atoms with Gasteiger partial charge in [-0.3, -0.25) is 0 Å². The highest BCUT2D eigenvalue weighted by atomic mass is 16.4. The smallest absolute Gasteiger partial charge is 0.293 e. The topological polar surface area (TPSA) is 9.23 Å². The first kappa shape index (κ1) is 10.9. The molecule has 4 aliphatic carbocycles. The van der Waals surface area contributed by atoms with Crippen LogP contribution in [0.1, 0.15) is 51.4 Å². The second kappa shape index (κ2) is 4.01. The van der Waals surface area contributed by atoms with Gasteiger partial charge in [0.1, 0.15) is 0 Å². The molecule has 4 bridgehead atoms. The second-order valence-corrected chi connectivity index (χ2v) is 7.39. The van der Waals surface area contributed by atoms with Crippen LogP contribution in [0.2, 0.25) is 12.6 Å². The largest absolute Gasteiger partial charge is 0.433 e. The number of rotatable bonds is 3. The molecule has 2 unspecified atom stereocenters. The maximum atomic E-state index is 6.48. The summed E-state index contributed by atoms with van der Waals surface area (Å²) in [5, 5.41) is 0. The number of hydrogen-bond donors (Lipinski definition) is 0. The molecule has 4 rings (SSSR count). The zero-order valence-electron chi connectivity index (χ0n) is 11.1. The van der Waals surface area contributed by atoms with Crippen LogP contribution in [0, 0.1) is 23.7 Å². The first-order chi connectivity index (χ1) is 8.29. The second-order valence-electron chi connectivity index (χ2n) is 7.39. The molecule has 0 aromatic rings. The number of fused-ring (bicyclic) bond motifs is 4. The van der Waals surface area contributed by atoms with E-state index in [1.54, 1.807) is 0 Å². The van der Waals surface area contributed by atoms with Crippen molar-refractivity contribution in [2.45, 2.75) is 70.1 Å². The minimum absolute atomic E-state index is 0.551. The van der Waals surface area contributed by atoms with Gasteiger partial charge in [-0.05, 0) is 61.6 Å². The van der Waals surface area contributed by atoms with Crippen LogP contribution < -0.4 is 0 Å². The molecule has 4 aliphatic rings. The van der Waals surface area contributed by atoms with Crippen molar-refractivity contribution in [3.8, 4) is 0 Å². The van der Waals surface area contributed by atoms with E-state index < -0.39 is 0 Å². The van der Waals surface area contributed by atoms with Crippen LogP contribution >= 0.6 is 0 Å². The normalized spacial score (nSPS) is 51.4. The highest BCUT2D eigenvalue weighted by molar-refractivity contribution is 6.52. The maximum absolute atomic E-state index is 6.48. The minimum Gasteiger partial charge on any atom is -0.433 e. The quantitative estimate of drug-likeness (QED) is 0.668. The van der Waals surface area contributed by atoms with Crippen LogP contribution in [0.3, 0.4) is 0 Å². The van der Waals surface area contributed by atoms with Gasteiger partial charge in [0.2, 0.25) is 0 Å². The molecule has 0 N–H and O–H groups in total. The van der Waals surface area contributed by atoms with Crippen molar-refractivity contribution < 1.29 is 4.65 Å². The molecular formula is C15H25BO. The molecule has 6 atom stereocenters. The van der Waals surface area contributed by atoms with Gasteiger partial charge in [-0.25, -0.2) is 0 Å². The summed E-state index contributed by atoms with van der Waals surface area (Å²) >= 11 is 0. The molecule has 17 heavy (non-hydrogen) atoms. The van der Waals surface area contributed by atoms with E-state index >= 15 is 0 Å². The molecular weight excluding hydrogens is 207 g/mol. The third kappa shape index (κ3) is 1.78. The third-order valence-corrected chi connectivity index (χ3v) is 6.46. The SMILES string of the molecule is CB(OC1C[C@@H]2CC[C@H]1C2)C1C[C@@H]2CC[C@H]1C2. The van der Waals surface area contributed by atoms with Crippen molar-refractivity contribution in [2.75, 3.05) is 0 Å². The van der Waals surface area contributed by atoms with Crippen molar-refractivity contribution in [3.63, 3.8) is 0 Å². The van der Waals surface area contributed by atoms with E-state index in [2.05, 4.69) is 6.82 Å². The molecule has 0 aliphatic heterocycles. The molecule has 2 heteroatoms. The van der Waals surface area contributed by atoms with E-state index in [1.165, 1.54) is 51.4 Å². The molecule has 0 amide bonds. The maximum Gasteiger partial charge on any atom is 0.293 e. The molecule has 4 saturated carbocycles. The molecule has 1 nitrogen and oxygen atoms in total.